The van der Waals surface area contributed by atoms with E-state index >= 15 is 0 Å². The first-order chi connectivity index (χ1) is 17.0. The number of likely N-dealkylation sites (tertiary alicyclic amines) is 1. The van der Waals surface area contributed by atoms with Crippen LogP contribution in [0.4, 0.5) is 9.59 Å². The fraction of sp³-hybridized carbons (Fsp3) is 0.680. The number of urea groups is 1. The molecule has 4 amide bonds. The quantitative estimate of drug-likeness (QED) is 0.595. The molecule has 0 aromatic carbocycles. The van der Waals surface area contributed by atoms with Gasteiger partial charge in [0.2, 0.25) is 0 Å². The molecule has 1 aromatic rings. The van der Waals surface area contributed by atoms with Gasteiger partial charge in [0.1, 0.15) is 5.69 Å². The Bertz CT molecular complexity index is 917. The Kier molecular flexibility index (Phi) is 9.01. The highest BCUT2D eigenvalue weighted by atomic mass is 32.1. The summed E-state index contributed by atoms with van der Waals surface area (Å²) in [7, 11) is 0. The lowest BCUT2D eigenvalue weighted by Gasteiger charge is -2.33. The van der Waals surface area contributed by atoms with Crippen molar-refractivity contribution in [1.29, 1.82) is 0 Å². The van der Waals surface area contributed by atoms with Crippen LogP contribution in [0.15, 0.2) is 17.0 Å². The van der Waals surface area contributed by atoms with Gasteiger partial charge < -0.3 is 24.8 Å². The van der Waals surface area contributed by atoms with Crippen LogP contribution in [0.3, 0.4) is 0 Å². The molecule has 0 unspecified atom stereocenters. The van der Waals surface area contributed by atoms with Crippen LogP contribution in [0.2, 0.25) is 0 Å². The molecule has 4 rings (SSSR count). The molecule has 35 heavy (non-hydrogen) atoms. The lowest BCUT2D eigenvalue weighted by atomic mass is 9.97. The minimum absolute atomic E-state index is 0.0248. The molecule has 192 valence electrons. The Morgan fingerprint density at radius 2 is 1.80 bits per heavy atom. The maximum Gasteiger partial charge on any atom is 0.409 e. The second-order valence-electron chi connectivity index (χ2n) is 9.40. The fourth-order valence-electron chi connectivity index (χ4n) is 4.95. The Morgan fingerprint density at radius 1 is 1.06 bits per heavy atom. The van der Waals surface area contributed by atoms with Crippen molar-refractivity contribution in [1.82, 2.24) is 25.0 Å². The average molecular weight is 504 g/mol. The predicted octanol–water partition coefficient (Wildman–Crippen LogP) is 3.84. The molecule has 2 aliphatic heterocycles. The molecule has 10 heteroatoms. The first-order valence-electron chi connectivity index (χ1n) is 12.9. The van der Waals surface area contributed by atoms with E-state index < -0.39 is 0 Å². The summed E-state index contributed by atoms with van der Waals surface area (Å²) in [6.07, 6.45) is 9.58. The third-order valence-corrected chi connectivity index (χ3v) is 8.08. The van der Waals surface area contributed by atoms with E-state index in [1.807, 2.05) is 10.3 Å². The first kappa shape index (κ1) is 25.5. The number of hydrogen-bond acceptors (Lipinski definition) is 6. The number of piperazine rings is 1. The number of ether oxygens (including phenoxy) is 1. The fourth-order valence-corrected chi connectivity index (χ4v) is 5.91. The van der Waals surface area contributed by atoms with Crippen LogP contribution in [0.1, 0.15) is 73.3 Å². The van der Waals surface area contributed by atoms with Crippen LogP contribution < -0.4 is 5.32 Å². The van der Waals surface area contributed by atoms with Crippen molar-refractivity contribution in [2.75, 3.05) is 52.4 Å². The van der Waals surface area contributed by atoms with Crippen LogP contribution >= 0.6 is 11.3 Å². The number of aromatic nitrogens is 1. The molecule has 2 saturated heterocycles. The number of carbonyl (C=O) groups excluding carboxylic acids is 3. The van der Waals surface area contributed by atoms with E-state index in [1.165, 1.54) is 42.6 Å². The second kappa shape index (κ2) is 12.4. The molecule has 1 N–H and O–H groups in total. The molecule has 3 aliphatic rings. The SMILES string of the molecule is CCOC(=O)N1CCN(C(=O)c2csc(C3CCN(C(=O)NCCC4=CCCCC4)CC3)n2)CC1. The molecule has 0 bridgehead atoms. The molecule has 1 aromatic heterocycles. The number of nitrogens with zero attached hydrogens (tertiary/aromatic N) is 4. The van der Waals surface area contributed by atoms with E-state index in [9.17, 15) is 14.4 Å². The van der Waals surface area contributed by atoms with Crippen molar-refractivity contribution in [2.45, 2.75) is 57.8 Å². The van der Waals surface area contributed by atoms with Gasteiger partial charge in [-0.15, -0.1) is 11.3 Å². The molecule has 0 spiro atoms. The number of thiazole rings is 1. The Labute approximate surface area is 211 Å². The molecule has 9 nitrogen and oxygen atoms in total. The summed E-state index contributed by atoms with van der Waals surface area (Å²) in [6.45, 7) is 6.16. The van der Waals surface area contributed by atoms with Gasteiger partial charge in [0.25, 0.3) is 5.91 Å². The van der Waals surface area contributed by atoms with Crippen LogP contribution in [0.25, 0.3) is 0 Å². The van der Waals surface area contributed by atoms with E-state index in [0.29, 0.717) is 58.1 Å². The predicted molar refractivity (Wildman–Crippen MR) is 135 cm³/mol. The summed E-state index contributed by atoms with van der Waals surface area (Å²) in [6, 6.07) is 0.0248. The maximum absolute atomic E-state index is 12.9. The minimum atomic E-state index is -0.322. The topological polar surface area (TPSA) is 95.1 Å². The van der Waals surface area contributed by atoms with E-state index in [0.717, 1.165) is 24.3 Å². The van der Waals surface area contributed by atoms with Crippen molar-refractivity contribution in [3.05, 3.63) is 27.7 Å². The van der Waals surface area contributed by atoms with Crippen LogP contribution in [-0.2, 0) is 4.74 Å². The number of piperidine rings is 1. The lowest BCUT2D eigenvalue weighted by molar-refractivity contribution is 0.0566. The van der Waals surface area contributed by atoms with Gasteiger partial charge in [-0.2, -0.15) is 0 Å². The third-order valence-electron chi connectivity index (χ3n) is 7.07. The Hall–Kier alpha value is -2.62. The summed E-state index contributed by atoms with van der Waals surface area (Å²) in [5.74, 6) is 0.194. The van der Waals surface area contributed by atoms with Gasteiger partial charge in [-0.3, -0.25) is 4.79 Å². The van der Waals surface area contributed by atoms with Gasteiger partial charge in [0.05, 0.1) is 11.6 Å². The zero-order chi connectivity index (χ0) is 24.6. The number of carbonyl (C=O) groups is 3. The molecule has 0 radical (unpaired) electrons. The average Bonchev–Trinajstić information content (AvgIpc) is 3.39. The van der Waals surface area contributed by atoms with E-state index in [4.69, 9.17) is 4.74 Å². The summed E-state index contributed by atoms with van der Waals surface area (Å²) in [5.41, 5.74) is 1.96. The van der Waals surface area contributed by atoms with Crippen molar-refractivity contribution in [2.24, 2.45) is 0 Å². The molecular formula is C25H37N5O4S. The number of amides is 4. The summed E-state index contributed by atoms with van der Waals surface area (Å²) in [5, 5.41) is 5.89. The van der Waals surface area contributed by atoms with Crippen molar-refractivity contribution >= 4 is 29.4 Å². The smallest absolute Gasteiger partial charge is 0.409 e. The number of nitrogens with one attached hydrogen (secondary N) is 1. The first-order valence-corrected chi connectivity index (χ1v) is 13.8. The van der Waals surface area contributed by atoms with E-state index in [1.54, 1.807) is 16.7 Å². The van der Waals surface area contributed by atoms with Gasteiger partial charge in [0, 0.05) is 57.1 Å². The van der Waals surface area contributed by atoms with Crippen LogP contribution in [0, 0.1) is 0 Å². The Morgan fingerprint density at radius 3 is 2.49 bits per heavy atom. The molecule has 0 atom stereocenters. The summed E-state index contributed by atoms with van der Waals surface area (Å²) >= 11 is 1.53. The molecule has 2 fully saturated rings. The van der Waals surface area contributed by atoms with Crippen LogP contribution in [0.5, 0.6) is 0 Å². The normalized spacial score (nSPS) is 19.3. The monoisotopic (exact) mass is 503 g/mol. The third kappa shape index (κ3) is 6.74. The van der Waals surface area contributed by atoms with Gasteiger partial charge in [-0.1, -0.05) is 11.6 Å². The number of rotatable bonds is 6. The summed E-state index contributed by atoms with van der Waals surface area (Å²) in [4.78, 5) is 47.3. The van der Waals surface area contributed by atoms with Crippen molar-refractivity contribution in [3.8, 4) is 0 Å². The minimum Gasteiger partial charge on any atom is -0.450 e. The molecular weight excluding hydrogens is 466 g/mol. The zero-order valence-electron chi connectivity index (χ0n) is 20.7. The van der Waals surface area contributed by atoms with Crippen molar-refractivity contribution in [3.63, 3.8) is 0 Å². The van der Waals surface area contributed by atoms with Gasteiger partial charge in [-0.25, -0.2) is 14.6 Å². The van der Waals surface area contributed by atoms with E-state index in [-0.39, 0.29) is 23.9 Å². The largest absolute Gasteiger partial charge is 0.450 e. The zero-order valence-corrected chi connectivity index (χ0v) is 21.5. The highest BCUT2D eigenvalue weighted by Crippen LogP contribution is 2.30. The maximum atomic E-state index is 12.9. The Balaban J connectivity index is 1.20. The van der Waals surface area contributed by atoms with E-state index in [2.05, 4.69) is 16.4 Å². The highest BCUT2D eigenvalue weighted by molar-refractivity contribution is 7.09. The summed E-state index contributed by atoms with van der Waals surface area (Å²) < 4.78 is 5.04. The van der Waals surface area contributed by atoms with Gasteiger partial charge in [-0.05, 0) is 51.9 Å². The van der Waals surface area contributed by atoms with Gasteiger partial charge >= 0.3 is 12.1 Å². The standard InChI is InChI=1S/C25H37N5O4S/c1-2-34-25(33)30-16-14-28(15-17-30)23(31)21-18-35-22(27-21)20-9-12-29(13-10-20)24(32)26-11-8-19-6-4-3-5-7-19/h6,18,20H,2-5,7-17H2,1H3,(H,26,32). The second-order valence-corrected chi connectivity index (χ2v) is 10.3. The molecule has 1 aliphatic carbocycles. The van der Waals surface area contributed by atoms with Gasteiger partial charge in [0.15, 0.2) is 0 Å². The van der Waals surface area contributed by atoms with Crippen molar-refractivity contribution < 1.29 is 19.1 Å². The lowest BCUT2D eigenvalue weighted by Crippen LogP contribution is -2.50. The highest BCUT2D eigenvalue weighted by Gasteiger charge is 2.29. The molecule has 0 saturated carbocycles. The number of hydrogen-bond donors (Lipinski definition) is 1. The van der Waals surface area contributed by atoms with Crippen LogP contribution in [-0.4, -0.2) is 90.1 Å². The number of allylic oxidation sites excluding steroid dienone is 1. The molecule has 3 heterocycles.